The van der Waals surface area contributed by atoms with Gasteiger partial charge in [-0.2, -0.15) is 0 Å². The maximum Gasteiger partial charge on any atom is 0.239 e. The summed E-state index contributed by atoms with van der Waals surface area (Å²) in [6, 6.07) is 0. The lowest BCUT2D eigenvalue weighted by Crippen LogP contribution is -2.46. The molecule has 41 heavy (non-hydrogen) atoms. The molecule has 0 fully saturated rings. The Morgan fingerprint density at radius 3 is 1.17 bits per heavy atom. The van der Waals surface area contributed by atoms with Crippen LogP contribution < -0.4 is 37.6 Å². The van der Waals surface area contributed by atoms with Crippen LogP contribution in [0.25, 0.3) is 0 Å². The number of rotatable bonds is 25. The SMILES string of the molecule is CC.CNCCOCCOCCOCCOCCC(=O)NCC(=O)NCC(=O)NCC(=O)NCC(=O)NCC(N)=O. The van der Waals surface area contributed by atoms with E-state index in [2.05, 4.69) is 31.9 Å². The van der Waals surface area contributed by atoms with Gasteiger partial charge in [0.15, 0.2) is 0 Å². The van der Waals surface area contributed by atoms with Gasteiger partial charge in [-0.25, -0.2) is 0 Å². The maximum atomic E-state index is 11.8. The molecule has 0 rings (SSSR count). The maximum absolute atomic E-state index is 11.8. The predicted molar refractivity (Wildman–Crippen MR) is 147 cm³/mol. The van der Waals surface area contributed by atoms with Crippen LogP contribution in [-0.4, -0.2) is 135 Å². The van der Waals surface area contributed by atoms with Crippen molar-refractivity contribution in [2.24, 2.45) is 5.73 Å². The Morgan fingerprint density at radius 1 is 0.488 bits per heavy atom. The van der Waals surface area contributed by atoms with Crippen LogP contribution in [0.2, 0.25) is 0 Å². The highest BCUT2D eigenvalue weighted by Gasteiger charge is 2.10. The minimum Gasteiger partial charge on any atom is -0.379 e. The van der Waals surface area contributed by atoms with Gasteiger partial charge in [0.25, 0.3) is 0 Å². The average Bonchev–Trinajstić information content (AvgIpc) is 2.96. The van der Waals surface area contributed by atoms with Gasteiger partial charge >= 0.3 is 0 Å². The van der Waals surface area contributed by atoms with Gasteiger partial charge in [-0.1, -0.05) is 13.8 Å². The molecular formula is C24H47N7O10. The number of amides is 6. The van der Waals surface area contributed by atoms with Crippen molar-refractivity contribution in [3.63, 3.8) is 0 Å². The number of likely N-dealkylation sites (N-methyl/N-ethyl adjacent to an activating group) is 1. The van der Waals surface area contributed by atoms with Crippen LogP contribution >= 0.6 is 0 Å². The van der Waals surface area contributed by atoms with Crippen LogP contribution in [0.3, 0.4) is 0 Å². The molecule has 0 aromatic rings. The van der Waals surface area contributed by atoms with Crippen LogP contribution in [-0.2, 0) is 47.7 Å². The number of hydrogen-bond acceptors (Lipinski definition) is 11. The Bertz CT molecular complexity index is 756. The van der Waals surface area contributed by atoms with Gasteiger partial charge < -0.3 is 56.6 Å². The fourth-order valence-corrected chi connectivity index (χ4v) is 2.34. The van der Waals surface area contributed by atoms with Crippen molar-refractivity contribution in [1.82, 2.24) is 31.9 Å². The van der Waals surface area contributed by atoms with Crippen molar-refractivity contribution in [2.75, 3.05) is 99.2 Å². The lowest BCUT2D eigenvalue weighted by molar-refractivity contribution is -0.129. The van der Waals surface area contributed by atoms with E-state index in [1.54, 1.807) is 0 Å². The summed E-state index contributed by atoms with van der Waals surface area (Å²) in [5.41, 5.74) is 4.87. The van der Waals surface area contributed by atoms with Crippen LogP contribution in [0.5, 0.6) is 0 Å². The summed E-state index contributed by atoms with van der Waals surface area (Å²) in [4.78, 5) is 68.7. The molecule has 0 aliphatic carbocycles. The predicted octanol–water partition coefficient (Wildman–Crippen LogP) is -4.25. The Hall–Kier alpha value is -3.38. The van der Waals surface area contributed by atoms with Gasteiger partial charge in [-0.05, 0) is 7.05 Å². The number of hydrogen-bond donors (Lipinski definition) is 7. The second kappa shape index (κ2) is 29.6. The standard InChI is InChI=1S/C22H41N7O10.C2H6/c1-24-3-5-37-7-9-39-11-10-38-8-6-36-4-2-18(31)26-13-20(33)28-15-22(35)29-16-21(34)27-14-19(32)25-12-17(23)30;1-2/h24H,2-16H2,1H3,(H2,23,30)(H,25,32)(H,26,31)(H,27,34)(H,28,33)(H,29,35);1-2H3. The molecule has 0 saturated heterocycles. The van der Waals surface area contributed by atoms with Crippen molar-refractivity contribution in [3.05, 3.63) is 0 Å². The molecule has 0 bridgehead atoms. The van der Waals surface area contributed by atoms with Gasteiger partial charge in [0, 0.05) is 13.0 Å². The van der Waals surface area contributed by atoms with Gasteiger partial charge in [0.2, 0.25) is 35.4 Å². The molecule has 0 radical (unpaired) electrons. The Labute approximate surface area is 240 Å². The Kier molecular flexibility index (Phi) is 28.7. The first kappa shape index (κ1) is 39.8. The molecule has 238 valence electrons. The lowest BCUT2D eigenvalue weighted by atomic mass is 10.4. The zero-order valence-electron chi connectivity index (χ0n) is 24.3. The van der Waals surface area contributed by atoms with Gasteiger partial charge in [0.1, 0.15) is 0 Å². The minimum atomic E-state index is -0.731. The molecule has 0 aliphatic rings. The smallest absolute Gasteiger partial charge is 0.239 e. The molecule has 0 heterocycles. The van der Waals surface area contributed by atoms with Crippen molar-refractivity contribution in [3.8, 4) is 0 Å². The van der Waals surface area contributed by atoms with E-state index in [4.69, 9.17) is 24.7 Å². The first-order chi connectivity index (χ1) is 19.7. The van der Waals surface area contributed by atoms with Gasteiger partial charge in [0.05, 0.1) is 85.6 Å². The van der Waals surface area contributed by atoms with E-state index >= 15 is 0 Å². The van der Waals surface area contributed by atoms with Crippen molar-refractivity contribution >= 4 is 35.4 Å². The normalized spacial score (nSPS) is 10.0. The van der Waals surface area contributed by atoms with Crippen molar-refractivity contribution in [1.29, 1.82) is 0 Å². The third-order valence-corrected chi connectivity index (χ3v) is 4.33. The highest BCUT2D eigenvalue weighted by Crippen LogP contribution is 1.86. The molecule has 0 aromatic carbocycles. The largest absolute Gasteiger partial charge is 0.379 e. The summed E-state index contributed by atoms with van der Waals surface area (Å²) in [7, 11) is 1.85. The molecule has 17 nitrogen and oxygen atoms in total. The average molecular weight is 594 g/mol. The number of carbonyl (C=O) groups is 6. The molecule has 0 aliphatic heterocycles. The first-order valence-electron chi connectivity index (χ1n) is 13.3. The second-order valence-electron chi connectivity index (χ2n) is 7.65. The van der Waals surface area contributed by atoms with Crippen LogP contribution in [0.15, 0.2) is 0 Å². The number of nitrogens with two attached hydrogens (primary N) is 1. The van der Waals surface area contributed by atoms with E-state index in [0.29, 0.717) is 46.2 Å². The number of primary amides is 1. The highest BCUT2D eigenvalue weighted by molar-refractivity contribution is 5.91. The van der Waals surface area contributed by atoms with Gasteiger partial charge in [-0.3, -0.25) is 28.8 Å². The molecule has 6 amide bonds. The van der Waals surface area contributed by atoms with Crippen molar-refractivity contribution in [2.45, 2.75) is 20.3 Å². The zero-order chi connectivity index (χ0) is 31.1. The molecule has 0 unspecified atom stereocenters. The van der Waals surface area contributed by atoms with E-state index in [9.17, 15) is 28.8 Å². The summed E-state index contributed by atoms with van der Waals surface area (Å²) < 4.78 is 21.3. The molecule has 0 spiro atoms. The lowest BCUT2D eigenvalue weighted by Gasteiger charge is -2.09. The van der Waals surface area contributed by atoms with Crippen LogP contribution in [0, 0.1) is 0 Å². The second-order valence-corrected chi connectivity index (χ2v) is 7.65. The molecule has 17 heteroatoms. The van der Waals surface area contributed by atoms with Gasteiger partial charge in [-0.15, -0.1) is 0 Å². The Balaban J connectivity index is 0. The fraction of sp³-hybridized carbons (Fsp3) is 0.750. The quantitative estimate of drug-likeness (QED) is 0.0500. The Morgan fingerprint density at radius 2 is 0.805 bits per heavy atom. The van der Waals surface area contributed by atoms with E-state index in [-0.39, 0.29) is 26.1 Å². The first-order valence-corrected chi connectivity index (χ1v) is 13.3. The third-order valence-electron chi connectivity index (χ3n) is 4.33. The third kappa shape index (κ3) is 31.0. The van der Waals surface area contributed by atoms with Crippen molar-refractivity contribution < 1.29 is 47.7 Å². The molecular weight excluding hydrogens is 546 g/mol. The molecule has 8 N–H and O–H groups in total. The zero-order valence-corrected chi connectivity index (χ0v) is 24.3. The van der Waals surface area contributed by atoms with E-state index < -0.39 is 55.1 Å². The molecule has 0 atom stereocenters. The van der Waals surface area contributed by atoms with E-state index in [1.165, 1.54) is 0 Å². The fourth-order valence-electron chi connectivity index (χ4n) is 2.34. The van der Waals surface area contributed by atoms with Crippen LogP contribution in [0.4, 0.5) is 0 Å². The molecule has 0 saturated carbocycles. The van der Waals surface area contributed by atoms with Crippen LogP contribution in [0.1, 0.15) is 20.3 Å². The topological polar surface area (TPSA) is 238 Å². The minimum absolute atomic E-state index is 0.0418. The number of nitrogens with one attached hydrogen (secondary N) is 6. The monoisotopic (exact) mass is 593 g/mol. The number of ether oxygens (including phenoxy) is 4. The summed E-state index contributed by atoms with van der Waals surface area (Å²) in [5, 5.41) is 14.3. The van der Waals surface area contributed by atoms with E-state index in [1.807, 2.05) is 20.9 Å². The summed E-state index contributed by atoms with van der Waals surface area (Å²) >= 11 is 0. The summed E-state index contributed by atoms with van der Waals surface area (Å²) in [6.07, 6.45) is 0.0418. The number of carbonyl (C=O) groups excluding carboxylic acids is 6. The van der Waals surface area contributed by atoms with E-state index in [0.717, 1.165) is 6.54 Å². The highest BCUT2D eigenvalue weighted by atomic mass is 16.6. The molecule has 0 aromatic heterocycles. The summed E-state index contributed by atoms with van der Waals surface area (Å²) in [5.74, 6) is -3.67. The summed E-state index contributed by atoms with van der Waals surface area (Å²) in [6.45, 7) is 6.16.